The predicted octanol–water partition coefficient (Wildman–Crippen LogP) is 25.9. The van der Waals surface area contributed by atoms with Crippen molar-refractivity contribution in [1.29, 1.82) is 0 Å². The van der Waals surface area contributed by atoms with E-state index in [0.29, 0.717) is 56.8 Å². The van der Waals surface area contributed by atoms with Gasteiger partial charge in [-0.3, -0.25) is 0 Å². The van der Waals surface area contributed by atoms with Gasteiger partial charge in [0.1, 0.15) is 28.2 Å². The van der Waals surface area contributed by atoms with Crippen molar-refractivity contribution in [1.82, 2.24) is 19.9 Å². The van der Waals surface area contributed by atoms with Crippen LogP contribution in [0.25, 0.3) is 133 Å². The summed E-state index contributed by atoms with van der Waals surface area (Å²) in [7, 11) is 7.57. The lowest BCUT2D eigenvalue weighted by Crippen LogP contribution is -2.32. The van der Waals surface area contributed by atoms with Crippen LogP contribution in [0.5, 0.6) is 0 Å². The van der Waals surface area contributed by atoms with Crippen LogP contribution in [-0.4, -0.2) is 19.9 Å². The number of hydrogen-bond acceptors (Lipinski definition) is 8. The Balaban J connectivity index is 0.000000153. The smallest absolute Gasteiger partial charge is 0.227 e. The lowest BCUT2D eigenvalue weighted by atomic mass is 9.86. The topological polar surface area (TPSA) is 120 Å². The van der Waals surface area contributed by atoms with Gasteiger partial charge in [-0.05, 0) is 214 Å². The molecule has 0 aliphatic heterocycles. The first-order valence-corrected chi connectivity index (χ1v) is 40.9. The highest BCUT2D eigenvalue weighted by Crippen LogP contribution is 2.43. The van der Waals surface area contributed by atoms with Crippen molar-refractivity contribution in [2.75, 3.05) is 0 Å². The Morgan fingerprint density at radius 2 is 0.607 bits per heavy atom. The second-order valence-corrected chi connectivity index (χ2v) is 34.2. The maximum Gasteiger partial charge on any atom is 0.227 e. The Morgan fingerprint density at radius 1 is 0.325 bits per heavy atom. The molecule has 12 nitrogen and oxygen atoms in total. The molecule has 0 aliphatic rings. The average Bonchev–Trinajstić information content (AvgIpc) is 1.63. The Kier molecular flexibility index (Phi) is 17.9. The molecule has 12 heterocycles. The molecule has 117 heavy (non-hydrogen) atoms. The van der Waals surface area contributed by atoms with Crippen molar-refractivity contribution in [3.8, 4) is 45.0 Å². The average molecular weight is 1580 g/mol. The third kappa shape index (κ3) is 17.4. The lowest BCUT2D eigenvalue weighted by molar-refractivity contribution is -0.661. The van der Waals surface area contributed by atoms with Gasteiger partial charge >= 0.3 is 0 Å². The zero-order chi connectivity index (χ0) is 99.9. The molecule has 0 radical (unpaired) electrons. The van der Waals surface area contributed by atoms with Crippen LogP contribution >= 0.6 is 0 Å². The highest BCUT2D eigenvalue weighted by molar-refractivity contribution is 6.12. The van der Waals surface area contributed by atoms with E-state index in [1.54, 1.807) is 49.2 Å². The van der Waals surface area contributed by atoms with Crippen molar-refractivity contribution < 1.29 is 60.6 Å². The van der Waals surface area contributed by atoms with E-state index in [9.17, 15) is 0 Å². The van der Waals surface area contributed by atoms with Gasteiger partial charge in [0.05, 0.1) is 22.3 Å². The van der Waals surface area contributed by atoms with Crippen LogP contribution in [0.1, 0.15) is 256 Å². The van der Waals surface area contributed by atoms with Crippen LogP contribution in [0.4, 0.5) is 0 Å². The summed E-state index contributed by atoms with van der Waals surface area (Å²) in [5.41, 5.74) is 20.7. The zero-order valence-corrected chi connectivity index (χ0v) is 72.9. The van der Waals surface area contributed by atoms with E-state index in [1.165, 1.54) is 40.3 Å². The first-order chi connectivity index (χ1) is 62.5. The second-order valence-electron chi connectivity index (χ2n) is 34.2. The minimum Gasteiger partial charge on any atom is -0.437 e. The van der Waals surface area contributed by atoms with Gasteiger partial charge in [-0.25, -0.2) is 38.2 Å². The van der Waals surface area contributed by atoms with Gasteiger partial charge in [-0.2, -0.15) is 0 Å². The van der Waals surface area contributed by atoms with Gasteiger partial charge < -0.3 is 17.7 Å². The summed E-state index contributed by atoms with van der Waals surface area (Å²) in [5, 5.41) is 7.89. The van der Waals surface area contributed by atoms with Gasteiger partial charge in [-0.15, -0.1) is 0 Å². The summed E-state index contributed by atoms with van der Waals surface area (Å²) in [6.07, 6.45) is 3.09. The molecule has 12 heteroatoms. The van der Waals surface area contributed by atoms with E-state index in [1.807, 2.05) is 115 Å². The molecule has 0 aliphatic carbocycles. The second kappa shape index (κ2) is 33.0. The summed E-state index contributed by atoms with van der Waals surface area (Å²) >= 11 is 0. The molecule has 0 atom stereocenters. The fraction of sp³-hybridized carbons (Fsp3) is 0.390. The summed E-state index contributed by atoms with van der Waals surface area (Å²) in [6, 6.07) is 40.9. The number of pyridine rings is 8. The van der Waals surface area contributed by atoms with E-state index in [0.717, 1.165) is 172 Å². The van der Waals surface area contributed by atoms with E-state index < -0.39 is 62.8 Å². The van der Waals surface area contributed by atoms with Gasteiger partial charge in [0, 0.05) is 137 Å². The van der Waals surface area contributed by atoms with Gasteiger partial charge in [0.2, 0.25) is 45.6 Å². The maximum atomic E-state index is 8.85. The predicted molar refractivity (Wildman–Crippen MR) is 486 cm³/mol. The van der Waals surface area contributed by atoms with Gasteiger partial charge in [-0.1, -0.05) is 173 Å². The van der Waals surface area contributed by atoms with Crippen LogP contribution < -0.4 is 18.3 Å². The summed E-state index contributed by atoms with van der Waals surface area (Å²) in [4.78, 5) is 18.8. The molecule has 16 rings (SSSR count). The Hall–Kier alpha value is -10.7. The molecule has 0 amide bonds. The molecule has 12 aromatic heterocycles. The summed E-state index contributed by atoms with van der Waals surface area (Å²) in [5.74, 6) is 1.09. The summed E-state index contributed by atoms with van der Waals surface area (Å²) in [6.45, 7) is 28.3. The first kappa shape index (κ1) is 63.4. The lowest BCUT2D eigenvalue weighted by Gasteiger charge is -2.19. The quantitative estimate of drug-likeness (QED) is 0.105. The molecule has 606 valence electrons. The van der Waals surface area contributed by atoms with E-state index in [4.69, 9.17) is 57.3 Å². The molecular weight excluding hydrogens is 1440 g/mol. The third-order valence-corrected chi connectivity index (χ3v) is 22.1. The molecule has 0 bridgehead atoms. The number of aromatic nitrogens is 8. The first-order valence-electron chi connectivity index (χ1n) is 49.9. The number of aryl methyl sites for hydroxylation is 14. The van der Waals surface area contributed by atoms with Crippen LogP contribution in [0.15, 0.2) is 164 Å². The number of furan rings is 4. The minimum atomic E-state index is -3.08. The molecule has 16 aromatic rings. The highest BCUT2D eigenvalue weighted by Gasteiger charge is 2.30. The molecule has 0 saturated carbocycles. The van der Waals surface area contributed by atoms with Crippen LogP contribution in [0.2, 0.25) is 0 Å². The van der Waals surface area contributed by atoms with Gasteiger partial charge in [0.25, 0.3) is 0 Å². The Bertz CT molecular complexity index is 7290. The molecule has 4 aromatic carbocycles. The van der Waals surface area contributed by atoms with Crippen molar-refractivity contribution in [3.05, 3.63) is 236 Å². The molecule has 0 fully saturated rings. The normalized spacial score (nSPS) is 15.3. The van der Waals surface area contributed by atoms with Crippen LogP contribution in [-0.2, 0) is 66.6 Å². The molecule has 0 saturated heterocycles. The molecular formula is C105H126N8O4+4. The van der Waals surface area contributed by atoms with Gasteiger partial charge in [0.15, 0.2) is 47.1 Å². The molecule has 0 unspecified atom stereocenters. The largest absolute Gasteiger partial charge is 0.437 e. The molecule has 0 spiro atoms. The van der Waals surface area contributed by atoms with E-state index in [2.05, 4.69) is 153 Å². The Morgan fingerprint density at radius 3 is 0.889 bits per heavy atom. The van der Waals surface area contributed by atoms with Crippen LogP contribution in [0, 0.1) is 64.7 Å². The van der Waals surface area contributed by atoms with E-state index >= 15 is 0 Å². The summed E-state index contributed by atoms with van der Waals surface area (Å²) < 4.78 is 181. The Labute approximate surface area is 719 Å². The van der Waals surface area contributed by atoms with Crippen molar-refractivity contribution in [2.45, 2.75) is 229 Å². The van der Waals surface area contributed by atoms with Crippen molar-refractivity contribution >= 4 is 88.3 Å². The van der Waals surface area contributed by atoms with Crippen molar-refractivity contribution in [3.63, 3.8) is 0 Å². The monoisotopic (exact) mass is 1580 g/mol. The standard InChI is InChI=1S/2C27H33N2O.C26H31N2O.C25H29N2O/c2*1-16(2)22-12-11-21-20-10-9-17(3)24(25(20)30-26(21)28-22)23-13-18(4)19(15-29(23)8)14-27(5,6)7;1-8-19-10-12-21-20-11-9-16(2)23(24(20)29-25(21)27-19)22-13-17(3)18(15-28(22)7)14-26(4,5)6;1-7-17-13-22(27(6)14-21(17)15(3)4)23-16(5)9-11-19-20-12-10-18(8-2)26-25(20)28-24(19)23/h2*9-13,15-16H,14H2,1-8H3;9-13,15H,8,14H2,1-7H3;9-15H,7-8H2,1-6H3/q4*+1/i5D3,6D3,14D2;14D2;4D3,5D3,14D2;. The number of rotatable bonds is 13. The fourth-order valence-corrected chi connectivity index (χ4v) is 15.8. The van der Waals surface area contributed by atoms with Crippen LogP contribution in [0.3, 0.4) is 0 Å². The van der Waals surface area contributed by atoms with Crippen molar-refractivity contribution in [2.24, 2.45) is 44.4 Å². The SMILES string of the molecule is CCc1ccc2c(n1)oc1c(-c3cc(CC)c(C(C)C)c[n+]3C)c(C)ccc12.[2H]C([2H])([2H])C(C)(C([2H])([2H])[2H])C([2H])([2H])c1c[n+](C)c(-c2c(C)ccc3c2oc2nc(C(C)C)ccc23)cc1C.[2H]C([2H])([2H])C(C)(C([2H])([2H])[2H])C([2H])([2H])c1c[n+](C)c(-c2c(C)ccc3c2oc2nc(CC)ccc23)cc1C.[2H]C([2H])(c1c[n+](C)c(-c2c(C)ccc3c2oc2nc(C(C)C)ccc23)cc1C)C(C)(C)C. The number of hydrogen-bond donors (Lipinski definition) is 0. The highest BCUT2D eigenvalue weighted by atomic mass is 16.4. The zero-order valence-electron chi connectivity index (χ0n) is 90.9. The molecule has 0 N–H and O–H groups in total. The number of fused-ring (bicyclic) bond motifs is 12. The third-order valence-electron chi connectivity index (χ3n) is 22.1. The van der Waals surface area contributed by atoms with E-state index in [-0.39, 0.29) is 17.0 Å². The minimum absolute atomic E-state index is 0.0103. The maximum absolute atomic E-state index is 8.85. The number of nitrogens with zero attached hydrogens (tertiary/aromatic N) is 8. The number of benzene rings is 4. The fourth-order valence-electron chi connectivity index (χ4n) is 15.8.